The third kappa shape index (κ3) is 3.35. The summed E-state index contributed by atoms with van der Waals surface area (Å²) in [5.41, 5.74) is 1.99. The summed E-state index contributed by atoms with van der Waals surface area (Å²) in [6, 6.07) is 4.93. The average molecular weight is 359 g/mol. The number of imide groups is 1. The van der Waals surface area contributed by atoms with E-state index in [1.165, 1.54) is 6.92 Å². The number of aromatic nitrogens is 1. The van der Waals surface area contributed by atoms with E-state index in [2.05, 4.69) is 5.32 Å². The normalized spacial score (nSPS) is 15.0. The molecule has 0 unspecified atom stereocenters. The number of esters is 1. The molecule has 1 saturated heterocycles. The van der Waals surface area contributed by atoms with Gasteiger partial charge in [0.2, 0.25) is 0 Å². The molecule has 2 aromatic rings. The number of ether oxygens (including phenoxy) is 1. The lowest BCUT2D eigenvalue weighted by molar-refractivity contribution is -0.136. The Labute approximate surface area is 150 Å². The number of nitrogens with one attached hydrogen (secondary N) is 1. The highest BCUT2D eigenvalue weighted by Crippen LogP contribution is 2.19. The highest BCUT2D eigenvalue weighted by molar-refractivity contribution is 5.99. The topological polar surface area (TPSA) is 93.8 Å². The number of hydrogen-bond acceptors (Lipinski definition) is 5. The van der Waals surface area contributed by atoms with Gasteiger partial charge in [0.15, 0.2) is 6.10 Å². The Hall–Kier alpha value is -3.03. The molecule has 3 amide bonds. The number of rotatable bonds is 5. The van der Waals surface area contributed by atoms with E-state index in [4.69, 9.17) is 9.15 Å². The van der Waals surface area contributed by atoms with Crippen molar-refractivity contribution in [1.82, 2.24) is 14.8 Å². The molecule has 0 saturated carbocycles. The molecule has 0 aromatic carbocycles. The molecule has 3 rings (SSSR count). The molecule has 0 radical (unpaired) electrons. The maximum Gasteiger partial charge on any atom is 0.340 e. The lowest BCUT2D eigenvalue weighted by Crippen LogP contribution is -2.41. The van der Waals surface area contributed by atoms with E-state index in [9.17, 15) is 14.4 Å². The van der Waals surface area contributed by atoms with Gasteiger partial charge in [-0.25, -0.2) is 9.59 Å². The minimum Gasteiger partial charge on any atom is -0.467 e. The second-order valence-electron chi connectivity index (χ2n) is 6.22. The molecule has 26 heavy (non-hydrogen) atoms. The Bertz CT molecular complexity index is 837. The smallest absolute Gasteiger partial charge is 0.340 e. The van der Waals surface area contributed by atoms with Crippen LogP contribution in [0.1, 0.15) is 34.4 Å². The fraction of sp³-hybridized carbons (Fsp3) is 0.389. The van der Waals surface area contributed by atoms with Gasteiger partial charge in [0.05, 0.1) is 18.4 Å². The van der Waals surface area contributed by atoms with Gasteiger partial charge in [-0.15, -0.1) is 0 Å². The van der Waals surface area contributed by atoms with Crippen molar-refractivity contribution in [2.75, 3.05) is 13.1 Å². The zero-order chi connectivity index (χ0) is 18.8. The first-order chi connectivity index (χ1) is 12.4. The summed E-state index contributed by atoms with van der Waals surface area (Å²) in [6.45, 7) is 6.34. The molecule has 2 aromatic heterocycles. The second kappa shape index (κ2) is 7.07. The van der Waals surface area contributed by atoms with Gasteiger partial charge in [0.1, 0.15) is 5.76 Å². The van der Waals surface area contributed by atoms with Crippen molar-refractivity contribution in [1.29, 1.82) is 0 Å². The van der Waals surface area contributed by atoms with Crippen LogP contribution in [0.3, 0.4) is 0 Å². The molecule has 8 nitrogen and oxygen atoms in total. The Kier molecular flexibility index (Phi) is 4.83. The van der Waals surface area contributed by atoms with Gasteiger partial charge >= 0.3 is 12.0 Å². The average Bonchev–Trinajstić information content (AvgIpc) is 3.32. The van der Waals surface area contributed by atoms with Crippen LogP contribution in [-0.4, -0.2) is 46.6 Å². The Morgan fingerprint density at radius 3 is 2.77 bits per heavy atom. The van der Waals surface area contributed by atoms with Gasteiger partial charge in [-0.05, 0) is 39.0 Å². The number of amides is 3. The van der Waals surface area contributed by atoms with Gasteiger partial charge in [0.25, 0.3) is 5.91 Å². The maximum atomic E-state index is 12.5. The van der Waals surface area contributed by atoms with Gasteiger partial charge in [-0.3, -0.25) is 9.69 Å². The van der Waals surface area contributed by atoms with Crippen molar-refractivity contribution >= 4 is 17.9 Å². The van der Waals surface area contributed by atoms with Crippen molar-refractivity contribution in [2.24, 2.45) is 0 Å². The SMILES string of the molecule is Cc1cc(C(=O)O[C@@H](C)C(=O)N2CCNC2=O)c(C)n1Cc1ccco1. The third-order valence-electron chi connectivity index (χ3n) is 4.44. The van der Waals surface area contributed by atoms with Gasteiger partial charge < -0.3 is 19.0 Å². The van der Waals surface area contributed by atoms with E-state index in [0.29, 0.717) is 18.7 Å². The third-order valence-corrected chi connectivity index (χ3v) is 4.44. The quantitative estimate of drug-likeness (QED) is 0.822. The van der Waals surface area contributed by atoms with Gasteiger partial charge in [-0.1, -0.05) is 0 Å². The molecular weight excluding hydrogens is 338 g/mol. The molecule has 0 aliphatic carbocycles. The van der Waals surface area contributed by atoms with Crippen LogP contribution in [-0.2, 0) is 16.1 Å². The first-order valence-corrected chi connectivity index (χ1v) is 8.37. The fourth-order valence-electron chi connectivity index (χ4n) is 2.99. The van der Waals surface area contributed by atoms with Crippen molar-refractivity contribution < 1.29 is 23.5 Å². The number of aryl methyl sites for hydroxylation is 1. The fourth-order valence-corrected chi connectivity index (χ4v) is 2.99. The van der Waals surface area contributed by atoms with E-state index in [1.54, 1.807) is 18.4 Å². The van der Waals surface area contributed by atoms with Crippen molar-refractivity contribution in [3.05, 3.63) is 47.2 Å². The number of hydrogen-bond donors (Lipinski definition) is 1. The lowest BCUT2D eigenvalue weighted by Gasteiger charge is -2.18. The predicted octanol–water partition coefficient (Wildman–Crippen LogP) is 1.84. The summed E-state index contributed by atoms with van der Waals surface area (Å²) in [5.74, 6) is -0.350. The van der Waals surface area contributed by atoms with Gasteiger partial charge in [-0.2, -0.15) is 0 Å². The Morgan fingerprint density at radius 1 is 1.38 bits per heavy atom. The Morgan fingerprint density at radius 2 is 2.15 bits per heavy atom. The first-order valence-electron chi connectivity index (χ1n) is 8.37. The monoisotopic (exact) mass is 359 g/mol. The predicted molar refractivity (Wildman–Crippen MR) is 91.7 cm³/mol. The van der Waals surface area contributed by atoms with Crippen LogP contribution in [0.5, 0.6) is 0 Å². The number of urea groups is 1. The van der Waals surface area contributed by atoms with Crippen LogP contribution in [0.2, 0.25) is 0 Å². The van der Waals surface area contributed by atoms with Crippen molar-refractivity contribution in [2.45, 2.75) is 33.4 Å². The lowest BCUT2D eigenvalue weighted by atomic mass is 10.2. The molecule has 1 aliphatic rings. The molecule has 1 aliphatic heterocycles. The van der Waals surface area contributed by atoms with E-state index < -0.39 is 24.0 Å². The molecule has 8 heteroatoms. The number of nitrogens with zero attached hydrogens (tertiary/aromatic N) is 2. The summed E-state index contributed by atoms with van der Waals surface area (Å²) in [5, 5.41) is 2.54. The molecule has 3 heterocycles. The van der Waals surface area contributed by atoms with Crippen LogP contribution >= 0.6 is 0 Å². The van der Waals surface area contributed by atoms with E-state index in [1.807, 2.05) is 24.5 Å². The molecule has 138 valence electrons. The van der Waals surface area contributed by atoms with E-state index in [0.717, 1.165) is 22.0 Å². The van der Waals surface area contributed by atoms with Crippen LogP contribution in [0.4, 0.5) is 4.79 Å². The summed E-state index contributed by atoms with van der Waals surface area (Å²) in [6.07, 6.45) is 0.556. The number of carbonyl (C=O) groups is 3. The standard InChI is InChI=1S/C18H21N3O5/c1-11-9-15(12(2)21(11)10-14-5-4-8-25-14)17(23)26-13(3)16(22)20-7-6-19-18(20)24/h4-5,8-9,13H,6-7,10H2,1-3H3,(H,19,24)/t13-/m0/s1. The molecular formula is C18H21N3O5. The summed E-state index contributed by atoms with van der Waals surface area (Å²) in [4.78, 5) is 37.4. The summed E-state index contributed by atoms with van der Waals surface area (Å²) in [7, 11) is 0. The number of carbonyl (C=O) groups excluding carboxylic acids is 3. The second-order valence-corrected chi connectivity index (χ2v) is 6.22. The highest BCUT2D eigenvalue weighted by Gasteiger charge is 2.32. The van der Waals surface area contributed by atoms with Crippen LogP contribution in [0, 0.1) is 13.8 Å². The zero-order valence-electron chi connectivity index (χ0n) is 14.9. The van der Waals surface area contributed by atoms with E-state index in [-0.39, 0.29) is 6.54 Å². The minimum atomic E-state index is -1.04. The van der Waals surface area contributed by atoms with Crippen molar-refractivity contribution in [3.8, 4) is 0 Å². The Balaban J connectivity index is 1.71. The number of furan rings is 1. The van der Waals surface area contributed by atoms with Crippen LogP contribution in [0.15, 0.2) is 28.9 Å². The maximum absolute atomic E-state index is 12.5. The summed E-state index contributed by atoms with van der Waals surface area (Å²) >= 11 is 0. The molecule has 1 atom stereocenters. The van der Waals surface area contributed by atoms with Crippen LogP contribution < -0.4 is 5.32 Å². The molecule has 1 N–H and O–H groups in total. The largest absolute Gasteiger partial charge is 0.467 e. The summed E-state index contributed by atoms with van der Waals surface area (Å²) < 4.78 is 12.6. The molecule has 1 fully saturated rings. The van der Waals surface area contributed by atoms with Crippen molar-refractivity contribution in [3.63, 3.8) is 0 Å². The van der Waals surface area contributed by atoms with E-state index >= 15 is 0 Å². The minimum absolute atomic E-state index is 0.275. The highest BCUT2D eigenvalue weighted by atomic mass is 16.5. The molecule has 0 spiro atoms. The van der Waals surface area contributed by atoms with Gasteiger partial charge in [0, 0.05) is 24.5 Å². The zero-order valence-corrected chi connectivity index (χ0v) is 14.9. The van der Waals surface area contributed by atoms with Crippen LogP contribution in [0.25, 0.3) is 0 Å². The molecule has 0 bridgehead atoms. The first kappa shape index (κ1) is 17.8.